The Morgan fingerprint density at radius 1 is 0.966 bits per heavy atom. The molecule has 3 aromatic carbocycles. The zero-order valence-electron chi connectivity index (χ0n) is 15.8. The van der Waals surface area contributed by atoms with E-state index in [4.69, 9.17) is 11.6 Å². The average Bonchev–Trinajstić information content (AvgIpc) is 2.73. The third-order valence-electron chi connectivity index (χ3n) is 4.39. The van der Waals surface area contributed by atoms with Crippen molar-refractivity contribution in [1.82, 2.24) is 5.32 Å². The highest BCUT2D eigenvalue weighted by Crippen LogP contribution is 2.26. The van der Waals surface area contributed by atoms with Crippen LogP contribution in [0.1, 0.15) is 18.5 Å². The Hall–Kier alpha value is -2.83. The number of sulfonamides is 1. The van der Waals surface area contributed by atoms with Crippen LogP contribution in [-0.4, -0.2) is 20.9 Å². The third-order valence-corrected chi connectivity index (χ3v) is 6.41. The van der Waals surface area contributed by atoms with Crippen LogP contribution in [0.15, 0.2) is 89.8 Å². The second-order valence-corrected chi connectivity index (χ2v) is 8.80. The smallest absolute Gasteiger partial charge is 0.264 e. The zero-order valence-corrected chi connectivity index (χ0v) is 17.4. The lowest BCUT2D eigenvalue weighted by molar-refractivity contribution is -0.120. The number of anilines is 1. The van der Waals surface area contributed by atoms with Gasteiger partial charge in [-0.25, -0.2) is 8.42 Å². The van der Waals surface area contributed by atoms with Gasteiger partial charge in [0.05, 0.1) is 16.6 Å². The highest BCUT2D eigenvalue weighted by Gasteiger charge is 2.27. The van der Waals surface area contributed by atoms with Gasteiger partial charge in [0.15, 0.2) is 0 Å². The van der Waals surface area contributed by atoms with E-state index < -0.39 is 15.9 Å². The second kappa shape index (κ2) is 9.11. The SMILES string of the molecule is CC(NC(=O)CN(c1cccc(Cl)c1)S(=O)(=O)c1ccccc1)c1ccccc1. The average molecular weight is 429 g/mol. The van der Waals surface area contributed by atoms with Crippen molar-refractivity contribution in [2.75, 3.05) is 10.8 Å². The lowest BCUT2D eigenvalue weighted by atomic mass is 10.1. The van der Waals surface area contributed by atoms with Crippen LogP contribution in [0.4, 0.5) is 5.69 Å². The minimum absolute atomic E-state index is 0.101. The van der Waals surface area contributed by atoms with Crippen molar-refractivity contribution in [2.45, 2.75) is 17.9 Å². The summed E-state index contributed by atoms with van der Waals surface area (Å²) in [6.07, 6.45) is 0. The summed E-state index contributed by atoms with van der Waals surface area (Å²) < 4.78 is 27.5. The minimum atomic E-state index is -3.95. The maximum absolute atomic E-state index is 13.2. The molecule has 0 aliphatic heterocycles. The standard InChI is InChI=1S/C22H21ClN2O3S/c1-17(18-9-4-2-5-10-18)24-22(26)16-25(20-12-8-11-19(23)15-20)29(27,28)21-13-6-3-7-14-21/h2-15,17H,16H2,1H3,(H,24,26). The summed E-state index contributed by atoms with van der Waals surface area (Å²) in [6.45, 7) is 1.48. The molecule has 0 spiro atoms. The molecule has 5 nitrogen and oxygen atoms in total. The summed E-state index contributed by atoms with van der Waals surface area (Å²) in [5.41, 5.74) is 1.25. The molecule has 0 saturated carbocycles. The molecule has 1 atom stereocenters. The van der Waals surface area contributed by atoms with E-state index in [0.717, 1.165) is 9.87 Å². The number of carbonyl (C=O) groups excluding carboxylic acids is 1. The summed E-state index contributed by atoms with van der Waals surface area (Å²) in [5.74, 6) is -0.416. The monoisotopic (exact) mass is 428 g/mol. The topological polar surface area (TPSA) is 66.5 Å². The highest BCUT2D eigenvalue weighted by molar-refractivity contribution is 7.92. The molecule has 0 fully saturated rings. The number of hydrogen-bond acceptors (Lipinski definition) is 3. The first kappa shape index (κ1) is 20.9. The second-order valence-electron chi connectivity index (χ2n) is 6.50. The lowest BCUT2D eigenvalue weighted by Crippen LogP contribution is -2.41. The van der Waals surface area contributed by atoms with Crippen LogP contribution < -0.4 is 9.62 Å². The Labute approximate surface area is 176 Å². The molecule has 3 aromatic rings. The first-order valence-corrected chi connectivity index (χ1v) is 10.9. The van der Waals surface area contributed by atoms with E-state index >= 15 is 0 Å². The van der Waals surface area contributed by atoms with Crippen molar-refractivity contribution in [2.24, 2.45) is 0 Å². The molecule has 29 heavy (non-hydrogen) atoms. The van der Waals surface area contributed by atoms with E-state index in [0.29, 0.717) is 10.7 Å². The van der Waals surface area contributed by atoms with Crippen molar-refractivity contribution in [3.8, 4) is 0 Å². The van der Waals surface area contributed by atoms with Gasteiger partial charge in [-0.15, -0.1) is 0 Å². The van der Waals surface area contributed by atoms with E-state index in [2.05, 4.69) is 5.32 Å². The molecule has 0 heterocycles. The number of nitrogens with one attached hydrogen (secondary N) is 1. The Balaban J connectivity index is 1.89. The number of rotatable bonds is 7. The Kier molecular flexibility index (Phi) is 6.56. The van der Waals surface area contributed by atoms with Crippen LogP contribution in [-0.2, 0) is 14.8 Å². The largest absolute Gasteiger partial charge is 0.348 e. The summed E-state index contributed by atoms with van der Waals surface area (Å²) in [7, 11) is -3.95. The molecule has 0 bridgehead atoms. The summed E-state index contributed by atoms with van der Waals surface area (Å²) in [6, 6.07) is 23.6. The van der Waals surface area contributed by atoms with Gasteiger partial charge in [0.1, 0.15) is 6.54 Å². The first-order valence-electron chi connectivity index (χ1n) is 9.05. The molecule has 1 unspecified atom stereocenters. The van der Waals surface area contributed by atoms with Crippen LogP contribution in [0.2, 0.25) is 5.02 Å². The molecular formula is C22H21ClN2O3S. The predicted octanol–water partition coefficient (Wildman–Crippen LogP) is 4.41. The number of halogens is 1. The minimum Gasteiger partial charge on any atom is -0.348 e. The Morgan fingerprint density at radius 3 is 2.21 bits per heavy atom. The summed E-state index contributed by atoms with van der Waals surface area (Å²) in [5, 5.41) is 3.24. The first-order chi connectivity index (χ1) is 13.9. The van der Waals surface area contributed by atoms with Gasteiger partial charge < -0.3 is 5.32 Å². The van der Waals surface area contributed by atoms with Gasteiger partial charge in [-0.05, 0) is 42.8 Å². The molecule has 0 aliphatic rings. The van der Waals surface area contributed by atoms with Crippen molar-refractivity contribution < 1.29 is 13.2 Å². The van der Waals surface area contributed by atoms with Crippen LogP contribution in [0, 0.1) is 0 Å². The van der Waals surface area contributed by atoms with Gasteiger partial charge in [-0.3, -0.25) is 9.10 Å². The molecule has 3 rings (SSSR count). The third kappa shape index (κ3) is 5.16. The molecule has 0 radical (unpaired) electrons. The number of carbonyl (C=O) groups is 1. The van der Waals surface area contributed by atoms with Crippen LogP contribution >= 0.6 is 11.6 Å². The van der Waals surface area contributed by atoms with Crippen LogP contribution in [0.3, 0.4) is 0 Å². The quantitative estimate of drug-likeness (QED) is 0.606. The van der Waals surface area contributed by atoms with Gasteiger partial charge in [-0.1, -0.05) is 66.2 Å². The van der Waals surface area contributed by atoms with E-state index in [1.54, 1.807) is 36.4 Å². The van der Waals surface area contributed by atoms with Gasteiger partial charge in [-0.2, -0.15) is 0 Å². The maximum atomic E-state index is 13.2. The molecule has 0 saturated heterocycles. The molecule has 1 amide bonds. The van der Waals surface area contributed by atoms with Crippen LogP contribution in [0.25, 0.3) is 0 Å². The molecule has 0 aromatic heterocycles. The number of hydrogen-bond donors (Lipinski definition) is 1. The fourth-order valence-electron chi connectivity index (χ4n) is 2.91. The normalized spacial score (nSPS) is 12.2. The molecule has 150 valence electrons. The van der Waals surface area contributed by atoms with Gasteiger partial charge in [0, 0.05) is 5.02 Å². The van der Waals surface area contributed by atoms with E-state index in [-0.39, 0.29) is 17.5 Å². The van der Waals surface area contributed by atoms with Gasteiger partial charge in [0.2, 0.25) is 5.91 Å². The molecule has 7 heteroatoms. The Morgan fingerprint density at radius 2 is 1.59 bits per heavy atom. The Bertz CT molecular complexity index is 1070. The highest BCUT2D eigenvalue weighted by atomic mass is 35.5. The summed E-state index contributed by atoms with van der Waals surface area (Å²) in [4.78, 5) is 12.8. The van der Waals surface area contributed by atoms with Gasteiger partial charge >= 0.3 is 0 Å². The lowest BCUT2D eigenvalue weighted by Gasteiger charge is -2.25. The fourth-order valence-corrected chi connectivity index (χ4v) is 4.53. The molecule has 1 N–H and O–H groups in total. The van der Waals surface area contributed by atoms with E-state index in [9.17, 15) is 13.2 Å². The number of amides is 1. The number of benzene rings is 3. The van der Waals surface area contributed by atoms with E-state index in [1.165, 1.54) is 18.2 Å². The fraction of sp³-hybridized carbons (Fsp3) is 0.136. The summed E-state index contributed by atoms with van der Waals surface area (Å²) >= 11 is 6.06. The molecular weight excluding hydrogens is 408 g/mol. The van der Waals surface area contributed by atoms with Crippen molar-refractivity contribution in [1.29, 1.82) is 0 Å². The van der Waals surface area contributed by atoms with Crippen molar-refractivity contribution in [3.05, 3.63) is 95.5 Å². The maximum Gasteiger partial charge on any atom is 0.264 e. The van der Waals surface area contributed by atoms with Crippen LogP contribution in [0.5, 0.6) is 0 Å². The number of nitrogens with zero attached hydrogens (tertiary/aromatic N) is 1. The van der Waals surface area contributed by atoms with E-state index in [1.807, 2.05) is 37.3 Å². The van der Waals surface area contributed by atoms with Crippen molar-refractivity contribution >= 4 is 33.2 Å². The molecule has 0 aliphatic carbocycles. The van der Waals surface area contributed by atoms with Gasteiger partial charge in [0.25, 0.3) is 10.0 Å². The van der Waals surface area contributed by atoms with Crippen molar-refractivity contribution in [3.63, 3.8) is 0 Å². The predicted molar refractivity (Wildman–Crippen MR) is 115 cm³/mol. The zero-order chi connectivity index (χ0) is 20.9.